The monoisotopic (exact) mass is 283 g/mol. The van der Waals surface area contributed by atoms with E-state index in [-0.39, 0.29) is 18.2 Å². The zero-order valence-corrected chi connectivity index (χ0v) is 12.8. The fraction of sp³-hybridized carbons (Fsp3) is 0.933. The summed E-state index contributed by atoms with van der Waals surface area (Å²) in [6, 6.07) is 0.801. The van der Waals surface area contributed by atoms with Crippen LogP contribution in [0.5, 0.6) is 0 Å². The standard InChI is InChI=1S/C15H29N3O2/c1-17(2)15(20)18-10-8-12(9-11-18)16-13-6-4-3-5-7-14(13)19/h12-14,16,19H,3-11H2,1-2H3. The highest BCUT2D eigenvalue weighted by Gasteiger charge is 2.28. The predicted octanol–water partition coefficient (Wildman–Crippen LogP) is 1.42. The number of amides is 2. The van der Waals surface area contributed by atoms with Crippen LogP contribution in [0.2, 0.25) is 0 Å². The van der Waals surface area contributed by atoms with Gasteiger partial charge in [-0.15, -0.1) is 0 Å². The Kier molecular flexibility index (Phi) is 5.66. The van der Waals surface area contributed by atoms with Crippen molar-refractivity contribution in [2.45, 2.75) is 63.1 Å². The molecule has 2 aliphatic rings. The van der Waals surface area contributed by atoms with Crippen molar-refractivity contribution in [1.29, 1.82) is 0 Å². The molecule has 2 rings (SSSR count). The van der Waals surface area contributed by atoms with Gasteiger partial charge in [-0.1, -0.05) is 19.3 Å². The SMILES string of the molecule is CN(C)C(=O)N1CCC(NC2CCCCCC2O)CC1. The molecule has 2 fully saturated rings. The van der Waals surface area contributed by atoms with Gasteiger partial charge in [0.05, 0.1) is 6.10 Å². The van der Waals surface area contributed by atoms with Gasteiger partial charge in [0, 0.05) is 39.3 Å². The molecule has 5 heteroatoms. The first kappa shape index (κ1) is 15.6. The lowest BCUT2D eigenvalue weighted by Gasteiger charge is -2.36. The van der Waals surface area contributed by atoms with Gasteiger partial charge in [0.25, 0.3) is 0 Å². The Labute approximate surface area is 122 Å². The molecule has 0 bridgehead atoms. The van der Waals surface area contributed by atoms with Crippen LogP contribution in [0.15, 0.2) is 0 Å². The van der Waals surface area contributed by atoms with Crippen LogP contribution in [0, 0.1) is 0 Å². The summed E-state index contributed by atoms with van der Waals surface area (Å²) in [5, 5.41) is 13.8. The molecule has 1 saturated carbocycles. The highest BCUT2D eigenvalue weighted by Crippen LogP contribution is 2.20. The van der Waals surface area contributed by atoms with Gasteiger partial charge in [0.1, 0.15) is 0 Å². The van der Waals surface area contributed by atoms with Crippen molar-refractivity contribution >= 4 is 6.03 Å². The van der Waals surface area contributed by atoms with Gasteiger partial charge in [-0.3, -0.25) is 0 Å². The van der Waals surface area contributed by atoms with Crippen LogP contribution in [0.3, 0.4) is 0 Å². The maximum absolute atomic E-state index is 11.9. The van der Waals surface area contributed by atoms with Gasteiger partial charge in [0.2, 0.25) is 0 Å². The van der Waals surface area contributed by atoms with Crippen LogP contribution in [-0.4, -0.2) is 66.3 Å². The maximum atomic E-state index is 11.9. The number of urea groups is 1. The number of hydrogen-bond donors (Lipinski definition) is 2. The number of nitrogens with one attached hydrogen (secondary N) is 1. The average Bonchev–Trinajstić information content (AvgIpc) is 2.64. The van der Waals surface area contributed by atoms with Crippen molar-refractivity contribution in [2.24, 2.45) is 0 Å². The number of aliphatic hydroxyl groups excluding tert-OH is 1. The Bertz CT molecular complexity index is 314. The number of carbonyl (C=O) groups is 1. The molecule has 0 aromatic rings. The van der Waals surface area contributed by atoms with E-state index in [9.17, 15) is 9.90 Å². The van der Waals surface area contributed by atoms with Crippen LogP contribution in [0.25, 0.3) is 0 Å². The zero-order valence-electron chi connectivity index (χ0n) is 12.8. The number of piperidine rings is 1. The summed E-state index contributed by atoms with van der Waals surface area (Å²) in [4.78, 5) is 15.4. The van der Waals surface area contributed by atoms with Crippen LogP contribution < -0.4 is 5.32 Å². The Morgan fingerprint density at radius 1 is 1.10 bits per heavy atom. The molecule has 1 heterocycles. The number of nitrogens with zero attached hydrogens (tertiary/aromatic N) is 2. The molecule has 0 radical (unpaired) electrons. The van der Waals surface area contributed by atoms with Crippen molar-refractivity contribution in [3.8, 4) is 0 Å². The highest BCUT2D eigenvalue weighted by molar-refractivity contribution is 5.73. The molecule has 20 heavy (non-hydrogen) atoms. The lowest BCUT2D eigenvalue weighted by molar-refractivity contribution is 0.102. The average molecular weight is 283 g/mol. The van der Waals surface area contributed by atoms with E-state index in [2.05, 4.69) is 5.32 Å². The zero-order chi connectivity index (χ0) is 14.5. The molecule has 1 saturated heterocycles. The van der Waals surface area contributed by atoms with Crippen molar-refractivity contribution in [3.05, 3.63) is 0 Å². The second kappa shape index (κ2) is 7.27. The summed E-state index contributed by atoms with van der Waals surface area (Å²) < 4.78 is 0. The molecule has 0 aromatic carbocycles. The quantitative estimate of drug-likeness (QED) is 0.754. The van der Waals surface area contributed by atoms with E-state index < -0.39 is 0 Å². The molecule has 1 aliphatic heterocycles. The van der Waals surface area contributed by atoms with Gasteiger partial charge < -0.3 is 20.2 Å². The van der Waals surface area contributed by atoms with Gasteiger partial charge in [-0.2, -0.15) is 0 Å². The fourth-order valence-electron chi connectivity index (χ4n) is 3.31. The lowest BCUT2D eigenvalue weighted by atomic mass is 10.00. The Balaban J connectivity index is 1.77. The van der Waals surface area contributed by atoms with E-state index >= 15 is 0 Å². The molecule has 0 spiro atoms. The third-order valence-corrected chi connectivity index (χ3v) is 4.58. The highest BCUT2D eigenvalue weighted by atomic mass is 16.3. The van der Waals surface area contributed by atoms with Crippen LogP contribution in [0.1, 0.15) is 44.9 Å². The summed E-state index contributed by atoms with van der Waals surface area (Å²) in [5.74, 6) is 0. The van der Waals surface area contributed by atoms with Crippen molar-refractivity contribution < 1.29 is 9.90 Å². The molecule has 5 nitrogen and oxygen atoms in total. The maximum Gasteiger partial charge on any atom is 0.319 e. The van der Waals surface area contributed by atoms with E-state index in [1.807, 2.05) is 4.90 Å². The Morgan fingerprint density at radius 3 is 2.40 bits per heavy atom. The third-order valence-electron chi connectivity index (χ3n) is 4.58. The van der Waals surface area contributed by atoms with Crippen molar-refractivity contribution in [2.75, 3.05) is 27.2 Å². The molecular formula is C15H29N3O2. The molecule has 2 unspecified atom stereocenters. The summed E-state index contributed by atoms with van der Waals surface area (Å²) in [5.41, 5.74) is 0. The van der Waals surface area contributed by atoms with Crippen molar-refractivity contribution in [1.82, 2.24) is 15.1 Å². The number of aliphatic hydroxyl groups is 1. The summed E-state index contributed by atoms with van der Waals surface area (Å²) in [7, 11) is 3.60. The summed E-state index contributed by atoms with van der Waals surface area (Å²) in [6.07, 6.45) is 7.39. The van der Waals surface area contributed by atoms with E-state index in [4.69, 9.17) is 0 Å². The topological polar surface area (TPSA) is 55.8 Å². The molecule has 2 N–H and O–H groups in total. The molecule has 2 atom stereocenters. The minimum absolute atomic E-state index is 0.109. The number of carbonyl (C=O) groups excluding carboxylic acids is 1. The molecule has 116 valence electrons. The molecule has 2 amide bonds. The van der Waals surface area contributed by atoms with E-state index in [0.717, 1.165) is 45.2 Å². The van der Waals surface area contributed by atoms with Gasteiger partial charge >= 0.3 is 6.03 Å². The number of likely N-dealkylation sites (tertiary alicyclic amines) is 1. The first-order valence-electron chi connectivity index (χ1n) is 7.98. The fourth-order valence-corrected chi connectivity index (χ4v) is 3.31. The first-order valence-corrected chi connectivity index (χ1v) is 7.98. The van der Waals surface area contributed by atoms with E-state index in [1.165, 1.54) is 12.8 Å². The number of hydrogen-bond acceptors (Lipinski definition) is 3. The largest absolute Gasteiger partial charge is 0.392 e. The van der Waals surface area contributed by atoms with Crippen molar-refractivity contribution in [3.63, 3.8) is 0 Å². The third kappa shape index (κ3) is 4.09. The van der Waals surface area contributed by atoms with Crippen LogP contribution >= 0.6 is 0 Å². The minimum atomic E-state index is -0.195. The Hall–Kier alpha value is -0.810. The molecule has 1 aliphatic carbocycles. The van der Waals surface area contributed by atoms with Crippen LogP contribution in [0.4, 0.5) is 4.79 Å². The minimum Gasteiger partial charge on any atom is -0.392 e. The van der Waals surface area contributed by atoms with E-state index in [0.29, 0.717) is 6.04 Å². The van der Waals surface area contributed by atoms with Gasteiger partial charge in [0.15, 0.2) is 0 Å². The van der Waals surface area contributed by atoms with Gasteiger partial charge in [-0.25, -0.2) is 4.79 Å². The Morgan fingerprint density at radius 2 is 1.75 bits per heavy atom. The second-order valence-electron chi connectivity index (χ2n) is 6.42. The normalized spacial score (nSPS) is 29.1. The molecular weight excluding hydrogens is 254 g/mol. The van der Waals surface area contributed by atoms with E-state index in [1.54, 1.807) is 19.0 Å². The summed E-state index contributed by atoms with van der Waals surface area (Å²) >= 11 is 0. The van der Waals surface area contributed by atoms with Gasteiger partial charge in [-0.05, 0) is 25.7 Å². The lowest BCUT2D eigenvalue weighted by Crippen LogP contribution is -2.52. The number of rotatable bonds is 2. The second-order valence-corrected chi connectivity index (χ2v) is 6.42. The predicted molar refractivity (Wildman–Crippen MR) is 79.7 cm³/mol. The summed E-state index contributed by atoms with van der Waals surface area (Å²) in [6.45, 7) is 1.63. The first-order chi connectivity index (χ1) is 9.58. The van der Waals surface area contributed by atoms with Crippen LogP contribution in [-0.2, 0) is 0 Å². The molecule has 0 aromatic heterocycles. The smallest absolute Gasteiger partial charge is 0.319 e.